The second kappa shape index (κ2) is 6.36. The molecule has 14 heavy (non-hydrogen) atoms. The number of hydrazone groups is 1. The van der Waals surface area contributed by atoms with Crippen LogP contribution < -0.4 is 5.43 Å². The maximum Gasteiger partial charge on any atom is 0.366 e. The summed E-state index contributed by atoms with van der Waals surface area (Å²) in [4.78, 5) is 23.2. The molecule has 7 heteroatoms. The molecule has 0 bridgehead atoms. The molecule has 6 nitrogen and oxygen atoms in total. The van der Waals surface area contributed by atoms with E-state index in [4.69, 9.17) is 0 Å². The lowest BCUT2D eigenvalue weighted by molar-refractivity contribution is -0.134. The largest absolute Gasteiger partial charge is 0.461 e. The minimum absolute atomic E-state index is 0.0745. The van der Waals surface area contributed by atoms with Crippen molar-refractivity contribution in [3.05, 3.63) is 0 Å². The molecule has 2 amide bonds. The second-order valence-electron chi connectivity index (χ2n) is 2.43. The third-order valence-corrected chi connectivity index (χ3v) is 1.60. The van der Waals surface area contributed by atoms with Gasteiger partial charge < -0.3 is 9.64 Å². The third-order valence-electron chi connectivity index (χ3n) is 1.10. The molecule has 0 fully saturated rings. The van der Waals surface area contributed by atoms with E-state index < -0.39 is 12.0 Å². The van der Waals surface area contributed by atoms with E-state index in [1.807, 2.05) is 0 Å². The molecule has 0 unspecified atom stereocenters. The molecule has 0 heterocycles. The number of urea groups is 1. The highest BCUT2D eigenvalue weighted by molar-refractivity contribution is 9.19. The van der Waals surface area contributed by atoms with Gasteiger partial charge in [0.25, 0.3) is 0 Å². The van der Waals surface area contributed by atoms with E-state index >= 15 is 0 Å². The topological polar surface area (TPSA) is 71.0 Å². The van der Waals surface area contributed by atoms with Crippen LogP contribution in [0, 0.1) is 0 Å². The van der Waals surface area contributed by atoms with E-state index in [0.717, 1.165) is 0 Å². The van der Waals surface area contributed by atoms with Crippen molar-refractivity contribution in [2.24, 2.45) is 5.10 Å². The van der Waals surface area contributed by atoms with Gasteiger partial charge in [0, 0.05) is 14.1 Å². The molecule has 0 aliphatic carbocycles. The van der Waals surface area contributed by atoms with Crippen LogP contribution in [0.4, 0.5) is 4.79 Å². The minimum Gasteiger partial charge on any atom is -0.461 e. The summed E-state index contributed by atoms with van der Waals surface area (Å²) in [6, 6.07) is -0.425. The monoisotopic (exact) mass is 265 g/mol. The van der Waals surface area contributed by atoms with Crippen LogP contribution in [-0.2, 0) is 9.53 Å². The molecule has 80 valence electrons. The van der Waals surface area contributed by atoms with E-state index in [0.29, 0.717) is 0 Å². The van der Waals surface area contributed by atoms with E-state index in [9.17, 15) is 9.59 Å². The highest BCUT2D eigenvalue weighted by Crippen LogP contribution is 1.92. The molecule has 0 aromatic heterocycles. The van der Waals surface area contributed by atoms with Crippen molar-refractivity contribution in [3.63, 3.8) is 0 Å². The SMILES string of the molecule is CCOC(=O)/C(Br)=N/NC(=O)N(C)C. The predicted molar refractivity (Wildman–Crippen MR) is 55.2 cm³/mol. The number of ether oxygens (including phenoxy) is 1. The van der Waals surface area contributed by atoms with Gasteiger partial charge in [-0.25, -0.2) is 15.0 Å². The summed E-state index contributed by atoms with van der Waals surface area (Å²) in [6.45, 7) is 1.93. The molecule has 0 spiro atoms. The fourth-order valence-corrected chi connectivity index (χ4v) is 0.636. The summed E-state index contributed by atoms with van der Waals surface area (Å²) in [7, 11) is 3.12. The molecule has 1 N–H and O–H groups in total. The molecular weight excluding hydrogens is 254 g/mol. The molecule has 0 aromatic rings. The zero-order valence-electron chi connectivity index (χ0n) is 8.20. The molecule has 0 saturated carbocycles. The van der Waals surface area contributed by atoms with Crippen molar-refractivity contribution >= 4 is 32.6 Å². The van der Waals surface area contributed by atoms with Crippen molar-refractivity contribution in [2.45, 2.75) is 6.92 Å². The Morgan fingerprint density at radius 1 is 1.50 bits per heavy atom. The van der Waals surface area contributed by atoms with Gasteiger partial charge in [0.2, 0.25) is 4.62 Å². The Hall–Kier alpha value is -1.11. The summed E-state index contributed by atoms with van der Waals surface area (Å²) >= 11 is 2.86. The summed E-state index contributed by atoms with van der Waals surface area (Å²) in [5.74, 6) is -0.619. The summed E-state index contributed by atoms with van der Waals surface area (Å²) in [5, 5.41) is 3.48. The van der Waals surface area contributed by atoms with E-state index in [-0.39, 0.29) is 11.2 Å². The van der Waals surface area contributed by atoms with Gasteiger partial charge in [-0.1, -0.05) is 0 Å². The van der Waals surface area contributed by atoms with Crippen LogP contribution in [0.15, 0.2) is 5.10 Å². The van der Waals surface area contributed by atoms with Gasteiger partial charge in [-0.2, -0.15) is 5.10 Å². The maximum absolute atomic E-state index is 11.0. The van der Waals surface area contributed by atoms with Crippen molar-refractivity contribution < 1.29 is 14.3 Å². The number of carbonyl (C=O) groups excluding carboxylic acids is 2. The molecule has 0 radical (unpaired) electrons. The van der Waals surface area contributed by atoms with Crippen LogP contribution >= 0.6 is 15.9 Å². The molecule has 0 aliphatic heterocycles. The first-order valence-corrected chi connectivity index (χ1v) is 4.66. The van der Waals surface area contributed by atoms with E-state index in [1.165, 1.54) is 4.90 Å². The van der Waals surface area contributed by atoms with Gasteiger partial charge in [-0.05, 0) is 22.9 Å². The Labute approximate surface area is 90.4 Å². The normalized spacial score (nSPS) is 10.7. The van der Waals surface area contributed by atoms with Crippen LogP contribution in [0.25, 0.3) is 0 Å². The lowest BCUT2D eigenvalue weighted by atomic mass is 10.7. The van der Waals surface area contributed by atoms with Crippen molar-refractivity contribution in [3.8, 4) is 0 Å². The fourth-order valence-electron chi connectivity index (χ4n) is 0.433. The lowest BCUT2D eigenvalue weighted by Crippen LogP contribution is -2.32. The number of hydrogen-bond acceptors (Lipinski definition) is 4. The highest BCUT2D eigenvalue weighted by Gasteiger charge is 2.09. The number of esters is 1. The summed E-state index contributed by atoms with van der Waals surface area (Å²) < 4.78 is 4.54. The summed E-state index contributed by atoms with van der Waals surface area (Å²) in [6.07, 6.45) is 0. The quantitative estimate of drug-likeness (QED) is 0.460. The van der Waals surface area contributed by atoms with Crippen molar-refractivity contribution in [1.82, 2.24) is 10.3 Å². The fraction of sp³-hybridized carbons (Fsp3) is 0.571. The minimum atomic E-state index is -0.619. The van der Waals surface area contributed by atoms with Crippen LogP contribution in [0.2, 0.25) is 0 Å². The third kappa shape index (κ3) is 4.80. The highest BCUT2D eigenvalue weighted by atomic mass is 79.9. The predicted octanol–water partition coefficient (Wildman–Crippen LogP) is 0.529. The number of rotatable bonds is 3. The first-order chi connectivity index (χ1) is 6.49. The molecule has 0 aliphatic rings. The lowest BCUT2D eigenvalue weighted by Gasteiger charge is -2.08. The Balaban J connectivity index is 4.12. The Morgan fingerprint density at radius 3 is 2.50 bits per heavy atom. The average Bonchev–Trinajstić information content (AvgIpc) is 2.13. The van der Waals surface area contributed by atoms with Gasteiger partial charge >= 0.3 is 12.0 Å². The van der Waals surface area contributed by atoms with Crippen LogP contribution in [0.5, 0.6) is 0 Å². The molecule has 0 aromatic carbocycles. The molecule has 0 rings (SSSR count). The molecule has 0 atom stereocenters. The summed E-state index contributed by atoms with van der Waals surface area (Å²) in [5.41, 5.74) is 2.15. The maximum atomic E-state index is 11.0. The van der Waals surface area contributed by atoms with Gasteiger partial charge in [-0.3, -0.25) is 0 Å². The Bertz CT molecular complexity index is 253. The van der Waals surface area contributed by atoms with Gasteiger partial charge in [0.05, 0.1) is 6.61 Å². The molecule has 0 saturated heterocycles. The van der Waals surface area contributed by atoms with Crippen LogP contribution in [0.1, 0.15) is 6.92 Å². The van der Waals surface area contributed by atoms with Gasteiger partial charge in [0.15, 0.2) is 0 Å². The standard InChI is InChI=1S/C7H12BrN3O3/c1-4-14-6(12)5(8)9-10-7(13)11(2)3/h4H2,1-3H3,(H,10,13)/b9-5-. The number of amides is 2. The number of carbonyl (C=O) groups is 2. The van der Waals surface area contributed by atoms with Crippen LogP contribution in [0.3, 0.4) is 0 Å². The number of halogens is 1. The Morgan fingerprint density at radius 2 is 2.07 bits per heavy atom. The number of nitrogens with zero attached hydrogens (tertiary/aromatic N) is 2. The van der Waals surface area contributed by atoms with E-state index in [2.05, 4.69) is 31.2 Å². The van der Waals surface area contributed by atoms with Gasteiger partial charge in [-0.15, -0.1) is 0 Å². The Kier molecular flexibility index (Phi) is 5.86. The zero-order chi connectivity index (χ0) is 11.1. The second-order valence-corrected chi connectivity index (χ2v) is 3.19. The average molecular weight is 266 g/mol. The number of hydrogen-bond donors (Lipinski definition) is 1. The van der Waals surface area contributed by atoms with Crippen molar-refractivity contribution in [1.29, 1.82) is 0 Å². The smallest absolute Gasteiger partial charge is 0.366 e. The first kappa shape index (κ1) is 12.9. The van der Waals surface area contributed by atoms with Crippen molar-refractivity contribution in [2.75, 3.05) is 20.7 Å². The van der Waals surface area contributed by atoms with E-state index in [1.54, 1.807) is 21.0 Å². The van der Waals surface area contributed by atoms with Crippen LogP contribution in [-0.4, -0.2) is 42.2 Å². The van der Waals surface area contributed by atoms with Gasteiger partial charge in [0.1, 0.15) is 0 Å². The molecular formula is C7H12BrN3O3. The first-order valence-electron chi connectivity index (χ1n) is 3.86. The number of nitrogens with one attached hydrogen (secondary N) is 1. The zero-order valence-corrected chi connectivity index (χ0v) is 9.79.